The number of likely N-dealkylation sites (N-methyl/N-ethyl adjacent to an activating group) is 1. The van der Waals surface area contributed by atoms with Crippen LogP contribution in [0, 0.1) is 6.92 Å². The van der Waals surface area contributed by atoms with Crippen LogP contribution in [0.1, 0.15) is 23.0 Å². The number of nitrogens with zero attached hydrogens (tertiary/aromatic N) is 4. The van der Waals surface area contributed by atoms with Gasteiger partial charge in [-0.05, 0) is 43.7 Å². The van der Waals surface area contributed by atoms with Crippen molar-refractivity contribution in [2.24, 2.45) is 0 Å². The molecule has 0 aliphatic heterocycles. The van der Waals surface area contributed by atoms with E-state index in [2.05, 4.69) is 57.6 Å². The lowest BCUT2D eigenvalue weighted by Crippen LogP contribution is -2.35. The summed E-state index contributed by atoms with van der Waals surface area (Å²) in [6.07, 6.45) is 0. The fourth-order valence-corrected chi connectivity index (χ4v) is 3.44. The molecule has 4 rings (SSSR count). The number of benzene rings is 2. The van der Waals surface area contributed by atoms with Crippen LogP contribution in [0.25, 0.3) is 16.6 Å². The van der Waals surface area contributed by atoms with Gasteiger partial charge in [-0.1, -0.05) is 29.5 Å². The van der Waals surface area contributed by atoms with E-state index in [0.717, 1.165) is 12.2 Å². The average Bonchev–Trinajstić information content (AvgIpc) is 3.17. The number of H-pyrrole nitrogens is 1. The van der Waals surface area contributed by atoms with Crippen molar-refractivity contribution in [1.29, 1.82) is 0 Å². The number of aromatic nitrogens is 4. The van der Waals surface area contributed by atoms with Crippen molar-refractivity contribution < 1.29 is 4.79 Å². The second-order valence-corrected chi connectivity index (χ2v) is 6.84. The molecule has 2 N–H and O–H groups in total. The molecule has 0 bridgehead atoms. The van der Waals surface area contributed by atoms with Crippen LogP contribution in [0.3, 0.4) is 0 Å². The third-order valence-corrected chi connectivity index (χ3v) is 4.90. The van der Waals surface area contributed by atoms with Crippen molar-refractivity contribution in [1.82, 2.24) is 25.1 Å². The van der Waals surface area contributed by atoms with Gasteiger partial charge in [0.15, 0.2) is 11.2 Å². The summed E-state index contributed by atoms with van der Waals surface area (Å²) in [6, 6.07) is 15.5. The standard InChI is InChI=1S/C21H22N6O2/c1-3-26(15-8-6-7-14(2)13-15)12-11-22-20(28)18-19-21(29)23-16-9-4-5-10-17(16)27(19)25-24-18/h4-10,13H,3,11-12H2,1-2H3,(H,22,28)(H,23,29). The lowest BCUT2D eigenvalue weighted by Gasteiger charge is -2.23. The van der Waals surface area contributed by atoms with E-state index in [4.69, 9.17) is 0 Å². The smallest absolute Gasteiger partial charge is 0.277 e. The average molecular weight is 390 g/mol. The molecule has 0 spiro atoms. The Hall–Kier alpha value is -3.68. The molecule has 0 radical (unpaired) electrons. The number of rotatable bonds is 6. The van der Waals surface area contributed by atoms with Crippen LogP contribution < -0.4 is 15.8 Å². The number of anilines is 1. The van der Waals surface area contributed by atoms with E-state index in [1.165, 1.54) is 10.1 Å². The van der Waals surface area contributed by atoms with Crippen LogP contribution in [-0.4, -0.2) is 45.4 Å². The van der Waals surface area contributed by atoms with Gasteiger partial charge < -0.3 is 15.2 Å². The Morgan fingerprint density at radius 1 is 1.21 bits per heavy atom. The summed E-state index contributed by atoms with van der Waals surface area (Å²) < 4.78 is 1.41. The van der Waals surface area contributed by atoms with Gasteiger partial charge in [0.05, 0.1) is 11.0 Å². The van der Waals surface area contributed by atoms with Crippen molar-refractivity contribution in [3.63, 3.8) is 0 Å². The molecular formula is C21H22N6O2. The van der Waals surface area contributed by atoms with E-state index in [-0.39, 0.29) is 11.2 Å². The maximum Gasteiger partial charge on any atom is 0.277 e. The molecule has 2 aromatic heterocycles. The molecular weight excluding hydrogens is 368 g/mol. The largest absolute Gasteiger partial charge is 0.370 e. The summed E-state index contributed by atoms with van der Waals surface area (Å²) >= 11 is 0. The van der Waals surface area contributed by atoms with Gasteiger partial charge in [0.2, 0.25) is 0 Å². The Morgan fingerprint density at radius 2 is 2.03 bits per heavy atom. The number of nitrogens with one attached hydrogen (secondary N) is 2. The number of hydrogen-bond donors (Lipinski definition) is 2. The van der Waals surface area contributed by atoms with E-state index in [1.54, 1.807) is 6.07 Å². The molecule has 8 heteroatoms. The summed E-state index contributed by atoms with van der Waals surface area (Å²) in [4.78, 5) is 30.1. The quantitative estimate of drug-likeness (QED) is 0.526. The van der Waals surface area contributed by atoms with Crippen molar-refractivity contribution in [2.75, 3.05) is 24.5 Å². The molecule has 148 valence electrons. The Morgan fingerprint density at radius 3 is 2.83 bits per heavy atom. The maximum atomic E-state index is 12.7. The highest BCUT2D eigenvalue weighted by atomic mass is 16.2. The molecule has 0 aliphatic rings. The number of fused-ring (bicyclic) bond motifs is 3. The summed E-state index contributed by atoms with van der Waals surface area (Å²) in [5, 5.41) is 10.8. The summed E-state index contributed by atoms with van der Waals surface area (Å²) in [6.45, 7) is 6.01. The van der Waals surface area contributed by atoms with E-state index < -0.39 is 11.5 Å². The Bertz CT molecular complexity index is 1240. The molecule has 4 aromatic rings. The van der Waals surface area contributed by atoms with E-state index >= 15 is 0 Å². The lowest BCUT2D eigenvalue weighted by molar-refractivity contribution is 0.0951. The first-order chi connectivity index (χ1) is 14.1. The van der Waals surface area contributed by atoms with Crippen molar-refractivity contribution in [3.8, 4) is 0 Å². The second kappa shape index (κ2) is 7.75. The summed E-state index contributed by atoms with van der Waals surface area (Å²) in [7, 11) is 0. The Balaban J connectivity index is 1.52. The van der Waals surface area contributed by atoms with Crippen LogP contribution in [0.5, 0.6) is 0 Å². The van der Waals surface area contributed by atoms with E-state index in [1.807, 2.05) is 24.3 Å². The van der Waals surface area contributed by atoms with Gasteiger partial charge >= 0.3 is 0 Å². The molecule has 8 nitrogen and oxygen atoms in total. The van der Waals surface area contributed by atoms with E-state index in [0.29, 0.717) is 24.1 Å². The summed E-state index contributed by atoms with van der Waals surface area (Å²) in [5.41, 5.74) is 3.39. The third-order valence-electron chi connectivity index (χ3n) is 4.90. The lowest BCUT2D eigenvalue weighted by atomic mass is 10.2. The minimum Gasteiger partial charge on any atom is -0.370 e. The molecule has 0 saturated heterocycles. The molecule has 0 unspecified atom stereocenters. The topological polar surface area (TPSA) is 95.4 Å². The first kappa shape index (κ1) is 18.7. The van der Waals surface area contributed by atoms with Crippen LogP contribution in [0.15, 0.2) is 53.3 Å². The zero-order valence-corrected chi connectivity index (χ0v) is 16.3. The normalized spacial score (nSPS) is 11.1. The summed E-state index contributed by atoms with van der Waals surface area (Å²) in [5.74, 6) is -0.416. The van der Waals surface area contributed by atoms with Gasteiger partial charge in [-0.15, -0.1) is 5.10 Å². The van der Waals surface area contributed by atoms with Gasteiger partial charge in [0.1, 0.15) is 0 Å². The molecule has 2 aromatic carbocycles. The SMILES string of the molecule is CCN(CCNC(=O)c1nnn2c1c(=O)[nH]c1ccccc12)c1cccc(C)c1. The Kier molecular flexibility index (Phi) is 4.99. The highest BCUT2D eigenvalue weighted by Gasteiger charge is 2.19. The van der Waals surface area contributed by atoms with Crippen LogP contribution in [0.2, 0.25) is 0 Å². The van der Waals surface area contributed by atoms with Gasteiger partial charge in [-0.25, -0.2) is 4.52 Å². The zero-order chi connectivity index (χ0) is 20.4. The maximum absolute atomic E-state index is 12.7. The number of aromatic amines is 1. The highest BCUT2D eigenvalue weighted by Crippen LogP contribution is 2.15. The monoisotopic (exact) mass is 390 g/mol. The molecule has 29 heavy (non-hydrogen) atoms. The van der Waals surface area contributed by atoms with Crippen LogP contribution in [-0.2, 0) is 0 Å². The predicted molar refractivity (Wildman–Crippen MR) is 113 cm³/mol. The number of para-hydroxylation sites is 2. The zero-order valence-electron chi connectivity index (χ0n) is 16.3. The molecule has 0 aliphatic carbocycles. The minimum atomic E-state index is -0.416. The van der Waals surface area contributed by atoms with Crippen LogP contribution in [0.4, 0.5) is 5.69 Å². The number of carbonyl (C=O) groups is 1. The fraction of sp³-hybridized carbons (Fsp3) is 0.238. The first-order valence-corrected chi connectivity index (χ1v) is 9.54. The first-order valence-electron chi connectivity index (χ1n) is 9.54. The van der Waals surface area contributed by atoms with Gasteiger partial charge in [-0.2, -0.15) is 0 Å². The van der Waals surface area contributed by atoms with Gasteiger partial charge in [0, 0.05) is 25.3 Å². The van der Waals surface area contributed by atoms with Gasteiger partial charge in [0.25, 0.3) is 11.5 Å². The van der Waals surface area contributed by atoms with Crippen molar-refractivity contribution in [3.05, 3.63) is 70.1 Å². The fourth-order valence-electron chi connectivity index (χ4n) is 3.44. The second-order valence-electron chi connectivity index (χ2n) is 6.84. The molecule has 0 saturated carbocycles. The van der Waals surface area contributed by atoms with E-state index in [9.17, 15) is 9.59 Å². The number of aryl methyl sites for hydroxylation is 1. The molecule has 1 amide bonds. The van der Waals surface area contributed by atoms with Crippen molar-refractivity contribution >= 4 is 28.1 Å². The molecule has 0 fully saturated rings. The number of amides is 1. The molecule has 2 heterocycles. The Labute approximate surface area is 167 Å². The van der Waals surface area contributed by atoms with Crippen molar-refractivity contribution in [2.45, 2.75) is 13.8 Å². The minimum absolute atomic E-state index is 0.0237. The number of hydrogen-bond acceptors (Lipinski definition) is 5. The predicted octanol–water partition coefficient (Wildman–Crippen LogP) is 2.14. The molecule has 0 atom stereocenters. The van der Waals surface area contributed by atoms with Crippen LogP contribution >= 0.6 is 0 Å². The highest BCUT2D eigenvalue weighted by molar-refractivity contribution is 5.99. The third kappa shape index (κ3) is 3.56. The van der Waals surface area contributed by atoms with Gasteiger partial charge in [-0.3, -0.25) is 9.59 Å². The number of carbonyl (C=O) groups excluding carboxylic acids is 1.